The van der Waals surface area contributed by atoms with Crippen LogP contribution in [-0.4, -0.2) is 16.9 Å². The molecule has 0 saturated carbocycles. The summed E-state index contributed by atoms with van der Waals surface area (Å²) < 4.78 is 0. The van der Waals surface area contributed by atoms with Gasteiger partial charge in [0.25, 0.3) is 0 Å². The molecule has 0 heterocycles. The minimum Gasteiger partial charge on any atom is -0.508 e. The molecule has 0 bridgehead atoms. The average Bonchev–Trinajstić information content (AvgIpc) is 2.55. The zero-order valence-corrected chi connectivity index (χ0v) is 15.2. The van der Waals surface area contributed by atoms with Crippen LogP contribution in [0.3, 0.4) is 0 Å². The van der Waals surface area contributed by atoms with Gasteiger partial charge in [-0.2, -0.15) is 0 Å². The fourth-order valence-corrected chi connectivity index (χ4v) is 3.16. The summed E-state index contributed by atoms with van der Waals surface area (Å²) in [5.74, 6) is 0.990. The molecular formula is C19H31NO2S. The van der Waals surface area contributed by atoms with E-state index in [-0.39, 0.29) is 11.7 Å². The Morgan fingerprint density at radius 3 is 2.13 bits per heavy atom. The largest absolute Gasteiger partial charge is 0.508 e. The van der Waals surface area contributed by atoms with Gasteiger partial charge in [-0.3, -0.25) is 4.79 Å². The third kappa shape index (κ3) is 11.1. The van der Waals surface area contributed by atoms with Gasteiger partial charge in [-0.1, -0.05) is 58.3 Å². The molecule has 3 nitrogen and oxygen atoms in total. The van der Waals surface area contributed by atoms with E-state index in [9.17, 15) is 9.90 Å². The van der Waals surface area contributed by atoms with E-state index in [4.69, 9.17) is 0 Å². The second-order valence-electron chi connectivity index (χ2n) is 5.96. The lowest BCUT2D eigenvalue weighted by Crippen LogP contribution is -2.22. The minimum absolute atomic E-state index is 0.138. The Morgan fingerprint density at radius 1 is 0.957 bits per heavy atom. The van der Waals surface area contributed by atoms with Gasteiger partial charge in [0, 0.05) is 11.3 Å². The zero-order chi connectivity index (χ0) is 16.8. The predicted molar refractivity (Wildman–Crippen MR) is 98.8 cm³/mol. The number of aromatic hydroxyl groups is 1. The van der Waals surface area contributed by atoms with E-state index in [1.807, 2.05) is 12.1 Å². The van der Waals surface area contributed by atoms with E-state index in [0.29, 0.717) is 12.3 Å². The number of unbranched alkanes of at least 4 members (excludes halogenated alkanes) is 8. The van der Waals surface area contributed by atoms with Crippen LogP contribution in [0.1, 0.15) is 71.1 Å². The molecule has 0 atom stereocenters. The number of thioether (sulfide) groups is 1. The van der Waals surface area contributed by atoms with Crippen molar-refractivity contribution in [3.63, 3.8) is 0 Å². The number of benzene rings is 1. The number of hydrogen-bond acceptors (Lipinski definition) is 3. The van der Waals surface area contributed by atoms with Crippen molar-refractivity contribution >= 4 is 17.7 Å². The number of rotatable bonds is 13. The highest BCUT2D eigenvalue weighted by Crippen LogP contribution is 2.19. The van der Waals surface area contributed by atoms with Gasteiger partial charge in [-0.15, -0.1) is 11.8 Å². The molecule has 2 N–H and O–H groups in total. The smallest absolute Gasteiger partial charge is 0.220 e. The molecule has 0 aliphatic rings. The van der Waals surface area contributed by atoms with Crippen LogP contribution in [0, 0.1) is 0 Å². The van der Waals surface area contributed by atoms with Crippen LogP contribution >= 0.6 is 11.8 Å². The van der Waals surface area contributed by atoms with Crippen molar-refractivity contribution < 1.29 is 9.90 Å². The van der Waals surface area contributed by atoms with Gasteiger partial charge in [0.05, 0.1) is 5.88 Å². The first-order valence-electron chi connectivity index (χ1n) is 8.91. The molecule has 0 radical (unpaired) electrons. The molecule has 0 fully saturated rings. The molecule has 0 spiro atoms. The molecule has 130 valence electrons. The summed E-state index contributed by atoms with van der Waals surface area (Å²) in [6, 6.07) is 7.03. The Balaban J connectivity index is 1.91. The van der Waals surface area contributed by atoms with Gasteiger partial charge in [0.1, 0.15) is 5.75 Å². The number of carbonyl (C=O) groups is 1. The lowest BCUT2D eigenvalue weighted by atomic mass is 10.1. The molecular weight excluding hydrogens is 306 g/mol. The lowest BCUT2D eigenvalue weighted by molar-refractivity contribution is -0.120. The number of phenolic OH excluding ortho intramolecular Hbond substituents is 1. The maximum absolute atomic E-state index is 11.7. The topological polar surface area (TPSA) is 49.3 Å². The molecule has 1 aromatic rings. The third-order valence-corrected chi connectivity index (χ3v) is 4.75. The molecule has 0 unspecified atom stereocenters. The third-order valence-electron chi connectivity index (χ3n) is 3.85. The molecule has 4 heteroatoms. The zero-order valence-electron chi connectivity index (χ0n) is 14.4. The molecule has 0 aliphatic carbocycles. The Kier molecular flexibility index (Phi) is 11.5. The number of carbonyl (C=O) groups excluding carboxylic acids is 1. The quantitative estimate of drug-likeness (QED) is 0.285. The normalized spacial score (nSPS) is 10.7. The summed E-state index contributed by atoms with van der Waals surface area (Å²) in [5, 5.41) is 12.1. The summed E-state index contributed by atoms with van der Waals surface area (Å²) in [4.78, 5) is 12.8. The first-order valence-corrected chi connectivity index (χ1v) is 9.89. The highest BCUT2D eigenvalue weighted by atomic mass is 32.2. The van der Waals surface area contributed by atoms with Crippen molar-refractivity contribution in [2.24, 2.45) is 0 Å². The lowest BCUT2D eigenvalue weighted by Gasteiger charge is -2.05. The first kappa shape index (κ1) is 19.9. The van der Waals surface area contributed by atoms with Crippen molar-refractivity contribution in [3.05, 3.63) is 24.3 Å². The minimum atomic E-state index is 0.138. The Hall–Kier alpha value is -1.16. The summed E-state index contributed by atoms with van der Waals surface area (Å²) in [6.45, 7) is 2.24. The van der Waals surface area contributed by atoms with E-state index < -0.39 is 0 Å². The van der Waals surface area contributed by atoms with Crippen LogP contribution in [0.5, 0.6) is 5.75 Å². The number of amides is 1. The highest BCUT2D eigenvalue weighted by molar-refractivity contribution is 7.99. The SMILES string of the molecule is CCCCCCCCCCCC(=O)NCSc1ccc(O)cc1. The van der Waals surface area contributed by atoms with E-state index in [2.05, 4.69) is 12.2 Å². The Labute approximate surface area is 145 Å². The van der Waals surface area contributed by atoms with Crippen molar-refractivity contribution in [2.45, 2.75) is 76.0 Å². The number of phenols is 1. The van der Waals surface area contributed by atoms with Gasteiger partial charge in [0.2, 0.25) is 5.91 Å². The van der Waals surface area contributed by atoms with Gasteiger partial charge in [0.15, 0.2) is 0 Å². The van der Waals surface area contributed by atoms with Crippen molar-refractivity contribution in [1.82, 2.24) is 5.32 Å². The second-order valence-corrected chi connectivity index (χ2v) is 7.01. The van der Waals surface area contributed by atoms with Crippen LogP contribution in [0.25, 0.3) is 0 Å². The number of hydrogen-bond donors (Lipinski definition) is 2. The molecule has 1 amide bonds. The van der Waals surface area contributed by atoms with Gasteiger partial charge >= 0.3 is 0 Å². The fourth-order valence-electron chi connectivity index (χ4n) is 2.43. The first-order chi connectivity index (χ1) is 11.2. The maximum Gasteiger partial charge on any atom is 0.220 e. The van der Waals surface area contributed by atoms with E-state index in [1.165, 1.54) is 44.9 Å². The van der Waals surface area contributed by atoms with E-state index in [0.717, 1.165) is 17.7 Å². The summed E-state index contributed by atoms with van der Waals surface area (Å²) in [6.07, 6.45) is 12.1. The van der Waals surface area contributed by atoms with Crippen molar-refractivity contribution in [3.8, 4) is 5.75 Å². The van der Waals surface area contributed by atoms with Crippen molar-refractivity contribution in [2.75, 3.05) is 5.88 Å². The molecule has 1 aromatic carbocycles. The molecule has 0 aromatic heterocycles. The predicted octanol–water partition coefficient (Wildman–Crippen LogP) is 5.48. The van der Waals surface area contributed by atoms with Crippen LogP contribution in [0.15, 0.2) is 29.2 Å². The van der Waals surface area contributed by atoms with Gasteiger partial charge in [-0.05, 0) is 30.7 Å². The standard InChI is InChI=1S/C19H31NO2S/c1-2-3-4-5-6-7-8-9-10-11-19(22)20-16-23-18-14-12-17(21)13-15-18/h12-15,21H,2-11,16H2,1H3,(H,20,22). The summed E-state index contributed by atoms with van der Waals surface area (Å²) >= 11 is 1.57. The second kappa shape index (κ2) is 13.3. The number of nitrogens with one attached hydrogen (secondary N) is 1. The Bertz CT molecular complexity index is 420. The summed E-state index contributed by atoms with van der Waals surface area (Å²) in [5.41, 5.74) is 0. The fraction of sp³-hybridized carbons (Fsp3) is 0.632. The van der Waals surface area contributed by atoms with E-state index >= 15 is 0 Å². The van der Waals surface area contributed by atoms with E-state index in [1.54, 1.807) is 23.9 Å². The molecule has 0 aliphatic heterocycles. The van der Waals surface area contributed by atoms with Crippen LogP contribution < -0.4 is 5.32 Å². The molecule has 1 rings (SSSR count). The molecule has 0 saturated heterocycles. The maximum atomic E-state index is 11.7. The van der Waals surface area contributed by atoms with Crippen LogP contribution in [-0.2, 0) is 4.79 Å². The van der Waals surface area contributed by atoms with Crippen molar-refractivity contribution in [1.29, 1.82) is 0 Å². The van der Waals surface area contributed by atoms with Crippen LogP contribution in [0.2, 0.25) is 0 Å². The highest BCUT2D eigenvalue weighted by Gasteiger charge is 2.01. The summed E-state index contributed by atoms with van der Waals surface area (Å²) in [7, 11) is 0. The van der Waals surface area contributed by atoms with Gasteiger partial charge < -0.3 is 10.4 Å². The van der Waals surface area contributed by atoms with Crippen LogP contribution in [0.4, 0.5) is 0 Å². The Morgan fingerprint density at radius 2 is 1.52 bits per heavy atom. The monoisotopic (exact) mass is 337 g/mol. The molecule has 23 heavy (non-hydrogen) atoms. The van der Waals surface area contributed by atoms with Gasteiger partial charge in [-0.25, -0.2) is 0 Å². The average molecular weight is 338 g/mol.